The van der Waals surface area contributed by atoms with Gasteiger partial charge in [-0.25, -0.2) is 4.90 Å². The van der Waals surface area contributed by atoms with Gasteiger partial charge >= 0.3 is 0 Å². The summed E-state index contributed by atoms with van der Waals surface area (Å²) in [5, 5.41) is 0. The molecule has 5 heteroatoms. The van der Waals surface area contributed by atoms with Crippen LogP contribution in [-0.4, -0.2) is 17.6 Å². The van der Waals surface area contributed by atoms with Crippen molar-refractivity contribution in [1.82, 2.24) is 0 Å². The van der Waals surface area contributed by atoms with Crippen molar-refractivity contribution < 1.29 is 9.59 Å². The van der Waals surface area contributed by atoms with Crippen LogP contribution in [-0.2, 0) is 9.59 Å². The highest BCUT2D eigenvalue weighted by Gasteiger charge is 2.40. The number of hydrogen-bond donors (Lipinski definition) is 0. The molecule has 0 saturated carbocycles. The monoisotopic (exact) mass is 415 g/mol. The number of carbonyl (C=O) groups excluding carboxylic acids is 2. The molecule has 2 aromatic carbocycles. The largest absolute Gasteiger partial charge is 0.272 e. The standard InChI is InChI=1S/C20H18BrNO2S/c1-4-25-18-17(16-10-5-12(2)11-13(16)3)19(23)22(20(18)24)15-8-6-14(21)7-9-15/h5-11H,4H2,1-3H3. The van der Waals surface area contributed by atoms with Crippen molar-refractivity contribution in [1.29, 1.82) is 0 Å². The summed E-state index contributed by atoms with van der Waals surface area (Å²) in [6.45, 7) is 5.98. The van der Waals surface area contributed by atoms with E-state index in [1.54, 1.807) is 12.1 Å². The van der Waals surface area contributed by atoms with E-state index in [0.29, 0.717) is 16.2 Å². The molecule has 0 unspecified atom stereocenters. The molecule has 0 radical (unpaired) electrons. The molecule has 0 N–H and O–H groups in total. The topological polar surface area (TPSA) is 37.4 Å². The summed E-state index contributed by atoms with van der Waals surface area (Å²) in [4.78, 5) is 27.9. The zero-order valence-corrected chi connectivity index (χ0v) is 16.7. The molecule has 3 rings (SSSR count). The van der Waals surface area contributed by atoms with Crippen LogP contribution >= 0.6 is 27.7 Å². The second kappa shape index (κ2) is 7.18. The molecule has 1 heterocycles. The number of nitrogens with zero attached hydrogens (tertiary/aromatic N) is 1. The average molecular weight is 416 g/mol. The molecule has 1 aliphatic heterocycles. The van der Waals surface area contributed by atoms with Gasteiger partial charge in [-0.2, -0.15) is 0 Å². The molecule has 128 valence electrons. The Labute approximate surface area is 160 Å². The fourth-order valence-electron chi connectivity index (χ4n) is 2.94. The van der Waals surface area contributed by atoms with Crippen molar-refractivity contribution in [2.75, 3.05) is 10.7 Å². The Bertz CT molecular complexity index is 887. The summed E-state index contributed by atoms with van der Waals surface area (Å²) >= 11 is 4.81. The van der Waals surface area contributed by atoms with Gasteiger partial charge in [0.1, 0.15) is 0 Å². The van der Waals surface area contributed by atoms with Gasteiger partial charge in [0.05, 0.1) is 16.2 Å². The third-order valence-electron chi connectivity index (χ3n) is 4.07. The molecule has 2 aromatic rings. The molecular formula is C20H18BrNO2S. The molecule has 0 bridgehead atoms. The quantitative estimate of drug-likeness (QED) is 0.651. The van der Waals surface area contributed by atoms with Crippen LogP contribution < -0.4 is 4.90 Å². The summed E-state index contributed by atoms with van der Waals surface area (Å²) in [5.41, 5.74) is 4.07. The predicted molar refractivity (Wildman–Crippen MR) is 108 cm³/mol. The highest BCUT2D eigenvalue weighted by atomic mass is 79.9. The van der Waals surface area contributed by atoms with E-state index in [1.807, 2.05) is 51.1 Å². The lowest BCUT2D eigenvalue weighted by Gasteiger charge is -2.15. The molecule has 1 aliphatic rings. The lowest BCUT2D eigenvalue weighted by molar-refractivity contribution is -0.119. The summed E-state index contributed by atoms with van der Waals surface area (Å²) < 4.78 is 0.904. The number of anilines is 1. The summed E-state index contributed by atoms with van der Waals surface area (Å²) in [7, 11) is 0. The molecule has 0 spiro atoms. The number of carbonyl (C=O) groups is 2. The smallest absolute Gasteiger partial charge is 0.268 e. The van der Waals surface area contributed by atoms with Gasteiger partial charge in [-0.1, -0.05) is 46.6 Å². The van der Waals surface area contributed by atoms with Crippen LogP contribution in [0.5, 0.6) is 0 Å². The number of rotatable bonds is 4. The molecule has 2 amide bonds. The van der Waals surface area contributed by atoms with Crippen molar-refractivity contribution in [2.24, 2.45) is 0 Å². The summed E-state index contributed by atoms with van der Waals surface area (Å²) in [6, 6.07) is 13.2. The number of halogens is 1. The maximum absolute atomic E-state index is 13.1. The van der Waals surface area contributed by atoms with Gasteiger partial charge in [-0.3, -0.25) is 9.59 Å². The van der Waals surface area contributed by atoms with E-state index in [-0.39, 0.29) is 11.8 Å². The third-order valence-corrected chi connectivity index (χ3v) is 5.55. The molecule has 0 aromatic heterocycles. The van der Waals surface area contributed by atoms with Crippen molar-refractivity contribution in [3.8, 4) is 0 Å². The fourth-order valence-corrected chi connectivity index (χ4v) is 4.05. The fraction of sp³-hybridized carbons (Fsp3) is 0.200. The van der Waals surface area contributed by atoms with E-state index < -0.39 is 0 Å². The van der Waals surface area contributed by atoms with E-state index in [4.69, 9.17) is 0 Å². The molecular weight excluding hydrogens is 398 g/mol. The number of thioether (sulfide) groups is 1. The minimum atomic E-state index is -0.254. The summed E-state index contributed by atoms with van der Waals surface area (Å²) in [6.07, 6.45) is 0. The molecule has 0 fully saturated rings. The van der Waals surface area contributed by atoms with E-state index in [0.717, 1.165) is 26.9 Å². The van der Waals surface area contributed by atoms with Gasteiger partial charge in [-0.05, 0) is 55.0 Å². The first-order valence-corrected chi connectivity index (χ1v) is 9.81. The molecule has 0 aliphatic carbocycles. The predicted octanol–water partition coefficient (Wildman–Crippen LogP) is 5.10. The van der Waals surface area contributed by atoms with Crippen LogP contribution in [0.25, 0.3) is 5.57 Å². The van der Waals surface area contributed by atoms with Crippen LogP contribution in [0.1, 0.15) is 23.6 Å². The molecule has 25 heavy (non-hydrogen) atoms. The molecule has 0 atom stereocenters. The summed E-state index contributed by atoms with van der Waals surface area (Å²) in [5.74, 6) is 0.237. The Kier molecular flexibility index (Phi) is 5.16. The van der Waals surface area contributed by atoms with Crippen LogP contribution in [0.2, 0.25) is 0 Å². The number of benzene rings is 2. The number of imide groups is 1. The van der Waals surface area contributed by atoms with Gasteiger partial charge in [0, 0.05) is 4.47 Å². The first-order chi connectivity index (χ1) is 11.9. The Morgan fingerprint density at radius 2 is 1.68 bits per heavy atom. The van der Waals surface area contributed by atoms with Gasteiger partial charge in [0.15, 0.2) is 0 Å². The Morgan fingerprint density at radius 3 is 2.28 bits per heavy atom. The van der Waals surface area contributed by atoms with E-state index in [9.17, 15) is 9.59 Å². The van der Waals surface area contributed by atoms with Crippen molar-refractivity contribution >= 4 is 50.8 Å². The van der Waals surface area contributed by atoms with Crippen molar-refractivity contribution in [3.63, 3.8) is 0 Å². The van der Waals surface area contributed by atoms with Gasteiger partial charge in [0.25, 0.3) is 11.8 Å². The van der Waals surface area contributed by atoms with Crippen LogP contribution in [0.3, 0.4) is 0 Å². The average Bonchev–Trinajstić information content (AvgIpc) is 2.80. The first-order valence-electron chi connectivity index (χ1n) is 8.03. The lowest BCUT2D eigenvalue weighted by atomic mass is 9.99. The zero-order valence-electron chi connectivity index (χ0n) is 14.3. The van der Waals surface area contributed by atoms with Gasteiger partial charge < -0.3 is 0 Å². The van der Waals surface area contributed by atoms with Gasteiger partial charge in [-0.15, -0.1) is 11.8 Å². The van der Waals surface area contributed by atoms with E-state index >= 15 is 0 Å². The van der Waals surface area contributed by atoms with Crippen molar-refractivity contribution in [3.05, 3.63) is 68.5 Å². The van der Waals surface area contributed by atoms with E-state index in [2.05, 4.69) is 15.9 Å². The van der Waals surface area contributed by atoms with Gasteiger partial charge in [0.2, 0.25) is 0 Å². The number of aryl methyl sites for hydroxylation is 2. The highest BCUT2D eigenvalue weighted by Crippen LogP contribution is 2.39. The second-order valence-electron chi connectivity index (χ2n) is 5.88. The maximum Gasteiger partial charge on any atom is 0.272 e. The number of hydrogen-bond acceptors (Lipinski definition) is 3. The lowest BCUT2D eigenvalue weighted by Crippen LogP contribution is -2.31. The molecule has 3 nitrogen and oxygen atoms in total. The maximum atomic E-state index is 13.1. The van der Waals surface area contributed by atoms with Crippen LogP contribution in [0.15, 0.2) is 51.8 Å². The third kappa shape index (κ3) is 3.31. The Morgan fingerprint density at radius 1 is 1.00 bits per heavy atom. The minimum Gasteiger partial charge on any atom is -0.268 e. The van der Waals surface area contributed by atoms with Crippen LogP contribution in [0, 0.1) is 13.8 Å². The van der Waals surface area contributed by atoms with Crippen molar-refractivity contribution in [2.45, 2.75) is 20.8 Å². The van der Waals surface area contributed by atoms with Crippen LogP contribution in [0.4, 0.5) is 5.69 Å². The van der Waals surface area contributed by atoms with E-state index in [1.165, 1.54) is 16.7 Å². The zero-order chi connectivity index (χ0) is 18.1. The highest BCUT2D eigenvalue weighted by molar-refractivity contribution is 9.10. The second-order valence-corrected chi connectivity index (χ2v) is 8.07. The molecule has 0 saturated heterocycles. The first kappa shape index (κ1) is 18.0. The minimum absolute atomic E-state index is 0.242. The SMILES string of the molecule is CCSC1=C(c2ccc(C)cc2C)C(=O)N(c2ccc(Br)cc2)C1=O. The Balaban J connectivity index is 2.12. The normalized spacial score (nSPS) is 14.6. The Hall–Kier alpha value is -1.85. The number of amides is 2.